The number of aliphatic hydroxyl groups excluding tert-OH is 1. The Hall–Kier alpha value is -1.02. The molecule has 0 saturated heterocycles. The molecule has 3 N–H and O–H groups in total. The molecule has 0 aliphatic rings. The Labute approximate surface area is 315 Å². The molecule has 0 fully saturated rings. The number of amides is 1. The normalized spacial score (nSPS) is 14.7. The van der Waals surface area contributed by atoms with E-state index in [0.29, 0.717) is 17.4 Å². The van der Waals surface area contributed by atoms with Crippen molar-refractivity contribution in [2.45, 2.75) is 199 Å². The largest absolute Gasteiger partial charge is 0.472 e. The molecule has 8 nitrogen and oxygen atoms in total. The van der Waals surface area contributed by atoms with Gasteiger partial charge >= 0.3 is 7.82 Å². The number of phosphoric ester groups is 1. The maximum Gasteiger partial charge on any atom is 0.472 e. The van der Waals surface area contributed by atoms with Crippen molar-refractivity contribution in [3.05, 3.63) is 24.3 Å². The highest BCUT2D eigenvalue weighted by atomic mass is 31.2. The lowest BCUT2D eigenvalue weighted by Gasteiger charge is -2.25. The standard InChI is InChI=1S/C42H83N2O6P/c1-6-8-10-12-14-16-18-19-20-21-22-23-24-26-28-30-32-34-36-42(46)43-40(39-50-51(47,48)49-38-37-44(3,4)5)41(45)35-33-31-29-27-25-17-15-13-11-9-7-2/h29,31,33,35,40-41,45H,6-28,30,32,34,36-39H2,1-5H3,(H-,43,46,47,48)/p+1/b31-29+,35-33+/t40-,41+/m0/s1. The van der Waals surface area contributed by atoms with Gasteiger partial charge in [0.1, 0.15) is 13.2 Å². The topological polar surface area (TPSA) is 105 Å². The molecule has 0 aromatic carbocycles. The minimum atomic E-state index is -4.34. The van der Waals surface area contributed by atoms with Crippen molar-refractivity contribution in [1.29, 1.82) is 0 Å². The predicted molar refractivity (Wildman–Crippen MR) is 217 cm³/mol. The lowest BCUT2D eigenvalue weighted by atomic mass is 10.0. The Kier molecular flexibility index (Phi) is 34.0. The SMILES string of the molecule is CCCCCCCCC/C=C/C=C/[C@@H](O)[C@H](COP(=O)(O)OCC[N+](C)(C)C)NC(=O)CCCCCCCCCCCCCCCCCCCC. The van der Waals surface area contributed by atoms with Crippen LogP contribution in [0.1, 0.15) is 187 Å². The average Bonchev–Trinajstić information content (AvgIpc) is 3.07. The Morgan fingerprint density at radius 3 is 1.55 bits per heavy atom. The summed E-state index contributed by atoms with van der Waals surface area (Å²) >= 11 is 0. The minimum absolute atomic E-state index is 0.0552. The number of unbranched alkanes of at least 4 members (excludes halogenated alkanes) is 24. The van der Waals surface area contributed by atoms with Crippen LogP contribution < -0.4 is 5.32 Å². The van der Waals surface area contributed by atoms with Crippen LogP contribution in [0, 0.1) is 0 Å². The first-order chi connectivity index (χ1) is 24.5. The summed E-state index contributed by atoms with van der Waals surface area (Å²) in [5, 5.41) is 13.7. The van der Waals surface area contributed by atoms with Gasteiger partial charge in [-0.2, -0.15) is 0 Å². The number of allylic oxidation sites excluding steroid dienone is 3. The van der Waals surface area contributed by atoms with Gasteiger partial charge in [0.25, 0.3) is 0 Å². The summed E-state index contributed by atoms with van der Waals surface area (Å²) in [5.74, 6) is -0.194. The molecule has 51 heavy (non-hydrogen) atoms. The first-order valence-corrected chi connectivity index (χ1v) is 22.7. The third-order valence-electron chi connectivity index (χ3n) is 9.48. The van der Waals surface area contributed by atoms with E-state index < -0.39 is 20.0 Å². The third-order valence-corrected chi connectivity index (χ3v) is 10.5. The molecule has 0 spiro atoms. The molecule has 9 heteroatoms. The number of quaternary nitrogens is 1. The van der Waals surface area contributed by atoms with E-state index in [1.54, 1.807) is 12.2 Å². The molecule has 3 atom stereocenters. The Bertz CT molecular complexity index is 891. The van der Waals surface area contributed by atoms with E-state index in [2.05, 4.69) is 25.2 Å². The molecule has 0 aliphatic carbocycles. The average molecular weight is 744 g/mol. The molecular formula is C42H84N2O6P+. The van der Waals surface area contributed by atoms with Crippen LogP contribution in [0.25, 0.3) is 0 Å². The van der Waals surface area contributed by atoms with Gasteiger partial charge in [0.05, 0.1) is 39.9 Å². The van der Waals surface area contributed by atoms with E-state index in [4.69, 9.17) is 9.05 Å². The molecule has 0 aromatic rings. The van der Waals surface area contributed by atoms with Gasteiger partial charge in [-0.3, -0.25) is 13.8 Å². The highest BCUT2D eigenvalue weighted by molar-refractivity contribution is 7.47. The van der Waals surface area contributed by atoms with Gasteiger partial charge < -0.3 is 19.8 Å². The van der Waals surface area contributed by atoms with E-state index in [9.17, 15) is 19.4 Å². The molecule has 0 radical (unpaired) electrons. The number of hydrogen-bond donors (Lipinski definition) is 3. The van der Waals surface area contributed by atoms with Crippen molar-refractivity contribution in [2.75, 3.05) is 40.9 Å². The second-order valence-corrected chi connectivity index (χ2v) is 17.2. The molecule has 0 bridgehead atoms. The maximum absolute atomic E-state index is 12.8. The van der Waals surface area contributed by atoms with E-state index in [-0.39, 0.29) is 19.1 Å². The number of hydrogen-bond acceptors (Lipinski definition) is 5. The molecular weight excluding hydrogens is 659 g/mol. The van der Waals surface area contributed by atoms with Gasteiger partial charge in [0.2, 0.25) is 5.91 Å². The zero-order valence-corrected chi connectivity index (χ0v) is 35.0. The van der Waals surface area contributed by atoms with E-state index in [0.717, 1.165) is 32.1 Å². The Morgan fingerprint density at radius 1 is 0.667 bits per heavy atom. The van der Waals surface area contributed by atoms with Crippen LogP contribution in [0.2, 0.25) is 0 Å². The van der Waals surface area contributed by atoms with Crippen LogP contribution in [-0.4, -0.2) is 73.4 Å². The van der Waals surface area contributed by atoms with E-state index in [1.165, 1.54) is 135 Å². The molecule has 0 saturated carbocycles. The summed E-state index contributed by atoms with van der Waals surface area (Å²) in [7, 11) is 1.55. The number of carbonyl (C=O) groups excluding carboxylic acids is 1. The molecule has 0 aromatic heterocycles. The van der Waals surface area contributed by atoms with Crippen molar-refractivity contribution < 1.29 is 32.9 Å². The molecule has 0 aliphatic heterocycles. The molecule has 0 heterocycles. The zero-order valence-electron chi connectivity index (χ0n) is 34.1. The van der Waals surface area contributed by atoms with Crippen LogP contribution in [0.5, 0.6) is 0 Å². The van der Waals surface area contributed by atoms with Gasteiger partial charge in [0.15, 0.2) is 0 Å². The van der Waals surface area contributed by atoms with Gasteiger partial charge in [-0.25, -0.2) is 4.57 Å². The van der Waals surface area contributed by atoms with Crippen LogP contribution in [0.15, 0.2) is 24.3 Å². The lowest BCUT2D eigenvalue weighted by Crippen LogP contribution is -2.45. The second kappa shape index (κ2) is 34.7. The first-order valence-electron chi connectivity index (χ1n) is 21.2. The molecule has 0 rings (SSSR count). The van der Waals surface area contributed by atoms with Crippen LogP contribution in [-0.2, 0) is 18.4 Å². The van der Waals surface area contributed by atoms with Gasteiger partial charge in [-0.05, 0) is 19.3 Å². The van der Waals surface area contributed by atoms with Gasteiger partial charge in [-0.15, -0.1) is 0 Å². The highest BCUT2D eigenvalue weighted by Gasteiger charge is 2.27. The van der Waals surface area contributed by atoms with Gasteiger partial charge in [-0.1, -0.05) is 186 Å². The first kappa shape index (κ1) is 50.0. The second-order valence-electron chi connectivity index (χ2n) is 15.8. The summed E-state index contributed by atoms with van der Waals surface area (Å²) in [6, 6.07) is -0.872. The van der Waals surface area contributed by atoms with E-state index >= 15 is 0 Å². The fourth-order valence-corrected chi connectivity index (χ4v) is 6.78. The summed E-state index contributed by atoms with van der Waals surface area (Å²) in [6.07, 6.45) is 39.7. The number of likely N-dealkylation sites (N-methyl/N-ethyl adjacent to an activating group) is 1. The number of nitrogens with one attached hydrogen (secondary N) is 1. The minimum Gasteiger partial charge on any atom is -0.387 e. The number of phosphoric acid groups is 1. The van der Waals surface area contributed by atoms with Crippen LogP contribution in [0.4, 0.5) is 0 Å². The quantitative estimate of drug-likeness (QED) is 0.0252. The van der Waals surface area contributed by atoms with Crippen LogP contribution >= 0.6 is 7.82 Å². The van der Waals surface area contributed by atoms with Crippen molar-refractivity contribution in [1.82, 2.24) is 5.32 Å². The molecule has 302 valence electrons. The highest BCUT2D eigenvalue weighted by Crippen LogP contribution is 2.43. The Balaban J connectivity index is 4.41. The van der Waals surface area contributed by atoms with Crippen molar-refractivity contribution in [3.8, 4) is 0 Å². The summed E-state index contributed by atoms with van der Waals surface area (Å²) in [5.41, 5.74) is 0. The number of carbonyl (C=O) groups is 1. The summed E-state index contributed by atoms with van der Waals surface area (Å²) in [4.78, 5) is 23.0. The number of nitrogens with zero attached hydrogens (tertiary/aromatic N) is 1. The van der Waals surface area contributed by atoms with E-state index in [1.807, 2.05) is 27.2 Å². The molecule has 1 amide bonds. The van der Waals surface area contributed by atoms with Crippen LogP contribution in [0.3, 0.4) is 0 Å². The lowest BCUT2D eigenvalue weighted by molar-refractivity contribution is -0.870. The Morgan fingerprint density at radius 2 is 1.10 bits per heavy atom. The smallest absolute Gasteiger partial charge is 0.387 e. The fraction of sp³-hybridized carbons (Fsp3) is 0.881. The number of rotatable bonds is 38. The van der Waals surface area contributed by atoms with Crippen molar-refractivity contribution in [3.63, 3.8) is 0 Å². The van der Waals surface area contributed by atoms with Gasteiger partial charge in [0, 0.05) is 6.42 Å². The zero-order chi connectivity index (χ0) is 37.9. The van der Waals surface area contributed by atoms with Crippen molar-refractivity contribution in [2.24, 2.45) is 0 Å². The number of aliphatic hydroxyl groups is 1. The fourth-order valence-electron chi connectivity index (χ4n) is 6.04. The predicted octanol–water partition coefficient (Wildman–Crippen LogP) is 11.4. The summed E-state index contributed by atoms with van der Waals surface area (Å²) < 4.78 is 23.4. The maximum atomic E-state index is 12.8. The van der Waals surface area contributed by atoms with Crippen molar-refractivity contribution >= 4 is 13.7 Å². The summed E-state index contributed by atoms with van der Waals surface area (Å²) in [6.45, 7) is 4.76. The monoisotopic (exact) mass is 744 g/mol. The third kappa shape index (κ3) is 37.1. The molecule has 1 unspecified atom stereocenters.